The topological polar surface area (TPSA) is 123 Å². The van der Waals surface area contributed by atoms with Gasteiger partial charge in [-0.05, 0) is 48.6 Å². The normalized spacial score (nSPS) is 17.4. The maximum atomic E-state index is 13.2. The highest BCUT2D eigenvalue weighted by atomic mass is 16.5. The Kier molecular flexibility index (Phi) is 8.67. The van der Waals surface area contributed by atoms with Crippen LogP contribution in [0.5, 0.6) is 0 Å². The van der Waals surface area contributed by atoms with Gasteiger partial charge in [0.25, 0.3) is 0 Å². The van der Waals surface area contributed by atoms with Crippen molar-refractivity contribution in [3.05, 3.63) is 66.1 Å². The van der Waals surface area contributed by atoms with Crippen LogP contribution in [0.2, 0.25) is 0 Å². The van der Waals surface area contributed by atoms with E-state index in [0.29, 0.717) is 45.6 Å². The summed E-state index contributed by atoms with van der Waals surface area (Å²) < 4.78 is 7.76. The second-order valence-electron chi connectivity index (χ2n) is 9.08. The van der Waals surface area contributed by atoms with Crippen molar-refractivity contribution in [2.45, 2.75) is 44.7 Å². The van der Waals surface area contributed by atoms with Crippen molar-refractivity contribution in [1.29, 1.82) is 0 Å². The van der Waals surface area contributed by atoms with Gasteiger partial charge in [-0.1, -0.05) is 18.2 Å². The van der Waals surface area contributed by atoms with Gasteiger partial charge in [0.05, 0.1) is 19.6 Å². The molecule has 0 aliphatic carbocycles. The first kappa shape index (κ1) is 25.4. The van der Waals surface area contributed by atoms with E-state index < -0.39 is 23.8 Å². The highest BCUT2D eigenvalue weighted by Crippen LogP contribution is 2.23. The van der Waals surface area contributed by atoms with Gasteiger partial charge in [0, 0.05) is 54.9 Å². The van der Waals surface area contributed by atoms with Gasteiger partial charge < -0.3 is 25.0 Å². The van der Waals surface area contributed by atoms with Crippen LogP contribution >= 0.6 is 0 Å². The second-order valence-corrected chi connectivity index (χ2v) is 9.08. The number of carbonyl (C=O) groups excluding carboxylic acids is 2. The first-order valence-electron chi connectivity index (χ1n) is 12.3. The highest BCUT2D eigenvalue weighted by Gasteiger charge is 2.28. The first-order chi connectivity index (χ1) is 17.5. The smallest absolute Gasteiger partial charge is 0.304 e. The Morgan fingerprint density at radius 1 is 1.19 bits per heavy atom. The third kappa shape index (κ3) is 6.69. The monoisotopic (exact) mass is 492 g/mol. The molecule has 190 valence electrons. The molecule has 2 aromatic heterocycles. The SMILES string of the molecule is O=C(O)C[C@@H](CCCc1ccncc1)C(=O)NC1Cc2cn(c3ccccc23)CCOCCNC1=O. The van der Waals surface area contributed by atoms with Crippen LogP contribution in [0, 0.1) is 5.92 Å². The molecule has 0 radical (unpaired) electrons. The van der Waals surface area contributed by atoms with E-state index >= 15 is 0 Å². The summed E-state index contributed by atoms with van der Waals surface area (Å²) in [5, 5.41) is 16.1. The number of para-hydroxylation sites is 1. The number of benzene rings is 1. The van der Waals surface area contributed by atoms with Crippen molar-refractivity contribution >= 4 is 28.7 Å². The summed E-state index contributed by atoms with van der Waals surface area (Å²) in [7, 11) is 0. The number of pyridine rings is 1. The fraction of sp³-hybridized carbons (Fsp3) is 0.407. The maximum Gasteiger partial charge on any atom is 0.304 e. The maximum absolute atomic E-state index is 13.2. The Morgan fingerprint density at radius 2 is 2.00 bits per heavy atom. The molecule has 1 aliphatic heterocycles. The third-order valence-electron chi connectivity index (χ3n) is 6.51. The van der Waals surface area contributed by atoms with Crippen molar-refractivity contribution in [1.82, 2.24) is 20.2 Å². The Morgan fingerprint density at radius 3 is 2.81 bits per heavy atom. The number of hydrogen-bond donors (Lipinski definition) is 3. The number of amides is 2. The number of fused-ring (bicyclic) bond motifs is 5. The molecule has 4 rings (SSSR count). The number of ether oxygens (including phenoxy) is 1. The fourth-order valence-electron chi connectivity index (χ4n) is 4.66. The van der Waals surface area contributed by atoms with Crippen molar-refractivity contribution in [3.63, 3.8) is 0 Å². The largest absolute Gasteiger partial charge is 0.481 e. The standard InChI is InChI=1S/C27H32N4O5/c32-25(33)17-20(5-3-4-19-8-10-28-11-9-19)26(34)30-23-16-21-18-31(24-7-2-1-6-22(21)24)13-15-36-14-12-29-27(23)35/h1-2,6-11,18,20,23H,3-5,12-17H2,(H,29,35)(H,30,34)(H,32,33)/t20-,23?/m1/s1. The minimum absolute atomic E-state index is 0.288. The van der Waals surface area contributed by atoms with E-state index in [9.17, 15) is 19.5 Å². The summed E-state index contributed by atoms with van der Waals surface area (Å²) >= 11 is 0. The molecule has 9 nitrogen and oxygen atoms in total. The number of aliphatic carboxylic acids is 1. The number of carboxylic acid groups (broad SMARTS) is 1. The molecule has 1 aliphatic rings. The number of nitrogens with one attached hydrogen (secondary N) is 2. The van der Waals surface area contributed by atoms with Crippen molar-refractivity contribution in [3.8, 4) is 0 Å². The van der Waals surface area contributed by atoms with E-state index in [1.807, 2.05) is 42.6 Å². The Labute approximate surface area is 209 Å². The summed E-state index contributed by atoms with van der Waals surface area (Å²) in [6.45, 7) is 1.92. The van der Waals surface area contributed by atoms with Crippen molar-refractivity contribution in [2.75, 3.05) is 19.8 Å². The number of carbonyl (C=O) groups is 3. The Hall–Kier alpha value is -3.72. The molecule has 3 aromatic rings. The van der Waals surface area contributed by atoms with Crippen LogP contribution in [0.3, 0.4) is 0 Å². The predicted molar refractivity (Wildman–Crippen MR) is 134 cm³/mol. The first-order valence-corrected chi connectivity index (χ1v) is 12.3. The number of aryl methyl sites for hydroxylation is 1. The number of carboxylic acids is 1. The van der Waals surface area contributed by atoms with Crippen LogP contribution in [-0.4, -0.2) is 58.2 Å². The predicted octanol–water partition coefficient (Wildman–Crippen LogP) is 2.32. The zero-order valence-electron chi connectivity index (χ0n) is 20.2. The van der Waals surface area contributed by atoms with Gasteiger partial charge in [-0.2, -0.15) is 0 Å². The molecule has 1 unspecified atom stereocenters. The zero-order chi connectivity index (χ0) is 25.3. The lowest BCUT2D eigenvalue weighted by Crippen LogP contribution is -2.50. The number of aromatic nitrogens is 2. The highest BCUT2D eigenvalue weighted by molar-refractivity contribution is 5.91. The number of nitrogens with zero attached hydrogens (tertiary/aromatic N) is 2. The molecule has 9 heteroatoms. The van der Waals surface area contributed by atoms with Crippen molar-refractivity contribution < 1.29 is 24.2 Å². The number of rotatable bonds is 8. The summed E-state index contributed by atoms with van der Waals surface area (Å²) in [5.41, 5.74) is 3.07. The molecule has 36 heavy (non-hydrogen) atoms. The summed E-state index contributed by atoms with van der Waals surface area (Å²) in [6, 6.07) is 10.9. The Balaban J connectivity index is 1.51. The summed E-state index contributed by atoms with van der Waals surface area (Å²) in [5.74, 6) is -2.50. The third-order valence-corrected chi connectivity index (χ3v) is 6.51. The fourth-order valence-corrected chi connectivity index (χ4v) is 4.66. The van der Waals surface area contributed by atoms with Crippen LogP contribution in [0.4, 0.5) is 0 Å². The van der Waals surface area contributed by atoms with Gasteiger partial charge >= 0.3 is 5.97 Å². The van der Waals surface area contributed by atoms with Crippen LogP contribution < -0.4 is 10.6 Å². The average molecular weight is 493 g/mol. The summed E-state index contributed by atoms with van der Waals surface area (Å²) in [6.07, 6.45) is 7.22. The van der Waals surface area contributed by atoms with Gasteiger partial charge in [-0.25, -0.2) is 0 Å². The molecule has 3 heterocycles. The molecule has 3 N–H and O–H groups in total. The van der Waals surface area contributed by atoms with Gasteiger partial charge in [0.15, 0.2) is 0 Å². The van der Waals surface area contributed by atoms with Crippen LogP contribution in [0.1, 0.15) is 30.4 Å². The van der Waals surface area contributed by atoms with E-state index in [2.05, 4.69) is 20.2 Å². The lowest BCUT2D eigenvalue weighted by molar-refractivity contribution is -0.141. The van der Waals surface area contributed by atoms with Gasteiger partial charge in [0.2, 0.25) is 11.8 Å². The molecule has 2 bridgehead atoms. The zero-order valence-corrected chi connectivity index (χ0v) is 20.2. The van der Waals surface area contributed by atoms with Crippen LogP contribution in [-0.2, 0) is 38.5 Å². The molecular weight excluding hydrogens is 460 g/mol. The molecule has 0 fully saturated rings. The lowest BCUT2D eigenvalue weighted by atomic mass is 9.95. The minimum atomic E-state index is -1.04. The Bertz CT molecular complexity index is 1190. The van der Waals surface area contributed by atoms with Gasteiger partial charge in [0.1, 0.15) is 6.04 Å². The molecule has 0 saturated carbocycles. The molecule has 2 amide bonds. The quantitative estimate of drug-likeness (QED) is 0.444. The van der Waals surface area contributed by atoms with Crippen molar-refractivity contribution in [2.24, 2.45) is 5.92 Å². The molecular formula is C27H32N4O5. The van der Waals surface area contributed by atoms with Crippen LogP contribution in [0.25, 0.3) is 10.9 Å². The van der Waals surface area contributed by atoms with E-state index in [1.54, 1.807) is 12.4 Å². The lowest BCUT2D eigenvalue weighted by Gasteiger charge is -2.22. The molecule has 0 saturated heterocycles. The second kappa shape index (κ2) is 12.3. The van der Waals surface area contributed by atoms with E-state index in [4.69, 9.17) is 4.74 Å². The van der Waals surface area contributed by atoms with Crippen LogP contribution in [0.15, 0.2) is 55.0 Å². The van der Waals surface area contributed by atoms with Gasteiger partial charge in [-0.3, -0.25) is 19.4 Å². The van der Waals surface area contributed by atoms with E-state index in [0.717, 1.165) is 28.5 Å². The summed E-state index contributed by atoms with van der Waals surface area (Å²) in [4.78, 5) is 41.8. The average Bonchev–Trinajstić information content (AvgIpc) is 3.22. The van der Waals surface area contributed by atoms with E-state index in [-0.39, 0.29) is 12.3 Å². The number of hydrogen-bond acceptors (Lipinski definition) is 5. The molecule has 0 spiro atoms. The molecule has 2 atom stereocenters. The minimum Gasteiger partial charge on any atom is -0.481 e. The van der Waals surface area contributed by atoms with E-state index in [1.165, 1.54) is 0 Å². The molecule has 1 aromatic carbocycles. The van der Waals surface area contributed by atoms with Gasteiger partial charge in [-0.15, -0.1) is 0 Å².